The molecule has 14 heteroatoms. The second-order valence-electron chi connectivity index (χ2n) is 11.8. The van der Waals surface area contributed by atoms with Gasteiger partial charge in [0.2, 0.25) is 0 Å². The third-order valence-electron chi connectivity index (χ3n) is 9.03. The second kappa shape index (κ2) is 12.7. The summed E-state index contributed by atoms with van der Waals surface area (Å²) in [5, 5.41) is 12.9. The molecule has 3 aromatic carbocycles. The fraction of sp³-hybridized carbons (Fsp3) is 0.394. The first-order valence-corrected chi connectivity index (χ1v) is 15.0. The molecule has 248 valence electrons. The highest BCUT2D eigenvalue weighted by atomic mass is 19.4. The van der Waals surface area contributed by atoms with Gasteiger partial charge in [-0.05, 0) is 59.4 Å². The van der Waals surface area contributed by atoms with Crippen molar-refractivity contribution in [2.75, 3.05) is 7.11 Å². The average Bonchev–Trinajstić information content (AvgIpc) is 3.59. The van der Waals surface area contributed by atoms with Gasteiger partial charge in [-0.15, -0.1) is 10.2 Å². The van der Waals surface area contributed by atoms with Crippen LogP contribution in [0.5, 0.6) is 0 Å². The number of aromatic nitrogens is 4. The molecule has 2 aliphatic rings. The fourth-order valence-corrected chi connectivity index (χ4v) is 7.01. The average molecular weight is 660 g/mol. The van der Waals surface area contributed by atoms with Crippen LogP contribution in [0.4, 0.5) is 26.3 Å². The van der Waals surface area contributed by atoms with E-state index in [2.05, 4.69) is 20.3 Å². The molecule has 0 N–H and O–H groups in total. The zero-order valence-electron chi connectivity index (χ0n) is 25.2. The molecule has 0 unspecified atom stereocenters. The summed E-state index contributed by atoms with van der Waals surface area (Å²) in [6.45, 7) is -0.204. The Morgan fingerprint density at radius 1 is 0.894 bits per heavy atom. The molecule has 2 fully saturated rings. The fourth-order valence-electron chi connectivity index (χ4n) is 7.01. The Bertz CT molecular complexity index is 1670. The molecule has 0 aliphatic carbocycles. The number of carbonyl (C=O) groups excluding carboxylic acids is 1. The van der Waals surface area contributed by atoms with Gasteiger partial charge in [0.15, 0.2) is 12.4 Å². The Hall–Kier alpha value is -4.30. The van der Waals surface area contributed by atoms with Gasteiger partial charge in [-0.1, -0.05) is 60.7 Å². The molecule has 8 nitrogen and oxygen atoms in total. The zero-order valence-corrected chi connectivity index (χ0v) is 25.2. The lowest BCUT2D eigenvalue weighted by atomic mass is 9.78. The van der Waals surface area contributed by atoms with E-state index in [4.69, 9.17) is 9.47 Å². The van der Waals surface area contributed by atoms with E-state index in [-0.39, 0.29) is 30.1 Å². The van der Waals surface area contributed by atoms with Crippen LogP contribution in [-0.4, -0.2) is 50.3 Å². The van der Waals surface area contributed by atoms with Crippen LogP contribution >= 0.6 is 0 Å². The molecule has 2 bridgehead atoms. The maximum Gasteiger partial charge on any atom is 0.416 e. The number of benzene rings is 3. The number of hydrogen-bond acceptors (Lipinski definition) is 7. The summed E-state index contributed by atoms with van der Waals surface area (Å²) in [5.41, 5.74) is -1.97. The van der Waals surface area contributed by atoms with Crippen LogP contribution in [-0.2, 0) is 51.9 Å². The van der Waals surface area contributed by atoms with Crippen LogP contribution in [0, 0.1) is 0 Å². The van der Waals surface area contributed by atoms with Gasteiger partial charge in [0.05, 0.1) is 36.5 Å². The molecule has 3 heterocycles. The molecule has 0 radical (unpaired) electrons. The van der Waals surface area contributed by atoms with Crippen molar-refractivity contribution in [3.63, 3.8) is 0 Å². The highest BCUT2D eigenvalue weighted by molar-refractivity contribution is 5.68. The van der Waals surface area contributed by atoms with E-state index >= 15 is 0 Å². The van der Waals surface area contributed by atoms with E-state index < -0.39 is 47.7 Å². The summed E-state index contributed by atoms with van der Waals surface area (Å²) in [7, 11) is 1.26. The van der Waals surface area contributed by atoms with Crippen LogP contribution in [0.1, 0.15) is 58.8 Å². The number of tetrazole rings is 1. The van der Waals surface area contributed by atoms with Crippen molar-refractivity contribution in [1.82, 2.24) is 25.1 Å². The minimum atomic E-state index is -4.97. The molecule has 1 aromatic heterocycles. The number of rotatable bonds is 9. The van der Waals surface area contributed by atoms with Crippen LogP contribution in [0.15, 0.2) is 78.9 Å². The first kappa shape index (κ1) is 32.6. The van der Waals surface area contributed by atoms with E-state index in [1.165, 1.54) is 11.9 Å². The van der Waals surface area contributed by atoms with Crippen molar-refractivity contribution in [2.45, 2.75) is 74.9 Å². The summed E-state index contributed by atoms with van der Waals surface area (Å²) < 4.78 is 92.9. The minimum absolute atomic E-state index is 0.114. The molecule has 6 rings (SSSR count). The van der Waals surface area contributed by atoms with Crippen molar-refractivity contribution in [2.24, 2.45) is 0 Å². The maximum atomic E-state index is 13.6. The molecule has 0 amide bonds. The van der Waals surface area contributed by atoms with Crippen molar-refractivity contribution in [3.05, 3.63) is 113 Å². The highest BCUT2D eigenvalue weighted by Gasteiger charge is 2.61. The van der Waals surface area contributed by atoms with Gasteiger partial charge in [0.1, 0.15) is 0 Å². The third kappa shape index (κ3) is 6.61. The molecule has 4 aromatic rings. The summed E-state index contributed by atoms with van der Waals surface area (Å²) in [6, 6.07) is 20.7. The number of halogens is 6. The Balaban J connectivity index is 1.40. The van der Waals surface area contributed by atoms with Crippen LogP contribution in [0.2, 0.25) is 0 Å². The monoisotopic (exact) mass is 659 g/mol. The van der Waals surface area contributed by atoms with Crippen molar-refractivity contribution in [3.8, 4) is 0 Å². The van der Waals surface area contributed by atoms with Crippen molar-refractivity contribution in [1.29, 1.82) is 0 Å². The number of hydrogen-bond donors (Lipinski definition) is 0. The number of fused-ring (bicyclic) bond motifs is 2. The SMILES string of the molecule is COC(=O)Cn1nnc([C@@H]2C[C@@]3(c4ccccc4)[C@H](OCc4cc(C(F)(F)F)cc(C(F)(F)F)c4)CC[C@@H]2N3Cc2ccccc2)n1. The summed E-state index contributed by atoms with van der Waals surface area (Å²) >= 11 is 0. The normalized spacial score (nSPS) is 23.2. The topological polar surface area (TPSA) is 82.4 Å². The number of piperidine rings is 1. The van der Waals surface area contributed by atoms with E-state index in [0.717, 1.165) is 11.1 Å². The second-order valence-corrected chi connectivity index (χ2v) is 11.8. The van der Waals surface area contributed by atoms with Crippen LogP contribution < -0.4 is 0 Å². The molecule has 0 spiro atoms. The molecule has 47 heavy (non-hydrogen) atoms. The standard InChI is InChI=1S/C33H31F6N5O3/c1-46-29(45)19-44-41-30(40-42-44)26-17-31(23-10-6-3-7-11-23)28(13-12-27(26)43(31)18-21-8-4-2-5-9-21)47-20-22-14-24(32(34,35)36)16-25(15-22)33(37,38)39/h2-11,14-16,26-28H,12-13,17-20H2,1H3/t26-,27+,28-,31-/m1/s1. The Kier molecular flexibility index (Phi) is 8.83. The van der Waals surface area contributed by atoms with Crippen molar-refractivity contribution >= 4 is 5.97 Å². The number of ether oxygens (including phenoxy) is 2. The highest BCUT2D eigenvalue weighted by Crippen LogP contribution is 2.57. The Morgan fingerprint density at radius 2 is 1.53 bits per heavy atom. The quantitative estimate of drug-likeness (QED) is 0.150. The predicted molar refractivity (Wildman–Crippen MR) is 155 cm³/mol. The summed E-state index contributed by atoms with van der Waals surface area (Å²) in [4.78, 5) is 15.3. The number of methoxy groups -OCH3 is 1. The molecule has 0 saturated carbocycles. The third-order valence-corrected chi connectivity index (χ3v) is 9.03. The van der Waals surface area contributed by atoms with Crippen LogP contribution in [0.3, 0.4) is 0 Å². The largest absolute Gasteiger partial charge is 0.468 e. The van der Waals surface area contributed by atoms with Gasteiger partial charge >= 0.3 is 18.3 Å². The van der Waals surface area contributed by atoms with Gasteiger partial charge in [0.25, 0.3) is 0 Å². The first-order chi connectivity index (χ1) is 22.4. The Labute approximate surface area is 266 Å². The first-order valence-electron chi connectivity index (χ1n) is 15.0. The van der Waals surface area contributed by atoms with Crippen molar-refractivity contribution < 1.29 is 40.6 Å². The smallest absolute Gasteiger partial charge is 0.416 e. The molecular formula is C33H31F6N5O3. The number of alkyl halides is 6. The summed E-state index contributed by atoms with van der Waals surface area (Å²) in [6.07, 6.45) is -9.07. The molecule has 4 atom stereocenters. The lowest BCUT2D eigenvalue weighted by Gasteiger charge is -2.50. The van der Waals surface area contributed by atoms with E-state index in [1.54, 1.807) is 0 Å². The lowest BCUT2D eigenvalue weighted by Crippen LogP contribution is -2.56. The molecular weight excluding hydrogens is 628 g/mol. The minimum Gasteiger partial charge on any atom is -0.468 e. The predicted octanol–water partition coefficient (Wildman–Crippen LogP) is 6.52. The van der Waals surface area contributed by atoms with Gasteiger partial charge in [0, 0.05) is 18.5 Å². The number of nitrogens with zero attached hydrogens (tertiary/aromatic N) is 5. The summed E-state index contributed by atoms with van der Waals surface area (Å²) in [5.74, 6) is -0.394. The molecule has 2 saturated heterocycles. The maximum absolute atomic E-state index is 13.6. The number of carbonyl (C=O) groups is 1. The van der Waals surface area contributed by atoms with Gasteiger partial charge in [-0.2, -0.15) is 31.1 Å². The zero-order chi connectivity index (χ0) is 33.4. The van der Waals surface area contributed by atoms with Gasteiger partial charge in [-0.25, -0.2) is 4.79 Å². The van der Waals surface area contributed by atoms with E-state index in [9.17, 15) is 31.1 Å². The van der Waals surface area contributed by atoms with E-state index in [1.807, 2.05) is 60.7 Å². The Morgan fingerprint density at radius 3 is 2.15 bits per heavy atom. The van der Waals surface area contributed by atoms with Crippen LogP contribution in [0.25, 0.3) is 0 Å². The number of esters is 1. The van der Waals surface area contributed by atoms with E-state index in [0.29, 0.717) is 43.8 Å². The molecule has 2 aliphatic heterocycles. The van der Waals surface area contributed by atoms with Gasteiger partial charge in [-0.3, -0.25) is 4.90 Å². The lowest BCUT2D eigenvalue weighted by molar-refractivity contribution is -0.144. The van der Waals surface area contributed by atoms with Gasteiger partial charge < -0.3 is 9.47 Å².